The molecule has 3 amide bonds. The van der Waals surface area contributed by atoms with E-state index < -0.39 is 24.2 Å². The van der Waals surface area contributed by atoms with Crippen molar-refractivity contribution in [2.24, 2.45) is 0 Å². The molecule has 8 heteroatoms. The summed E-state index contributed by atoms with van der Waals surface area (Å²) in [7, 11) is 1.59. The van der Waals surface area contributed by atoms with Gasteiger partial charge in [0.15, 0.2) is 0 Å². The lowest BCUT2D eigenvalue weighted by molar-refractivity contribution is -0.121. The summed E-state index contributed by atoms with van der Waals surface area (Å²) < 4.78 is 17.9. The van der Waals surface area contributed by atoms with Crippen LogP contribution in [0.3, 0.4) is 0 Å². The molecular weight excluding hydrogens is 339 g/mol. The van der Waals surface area contributed by atoms with E-state index in [1.165, 1.54) is 13.1 Å². The van der Waals surface area contributed by atoms with Gasteiger partial charge in [-0.3, -0.25) is 9.18 Å². The van der Waals surface area contributed by atoms with Crippen molar-refractivity contribution in [3.8, 4) is 5.75 Å². The van der Waals surface area contributed by atoms with Crippen molar-refractivity contribution >= 4 is 29.1 Å². The van der Waals surface area contributed by atoms with Crippen LogP contribution in [0.5, 0.6) is 5.75 Å². The summed E-state index contributed by atoms with van der Waals surface area (Å²) in [5.41, 5.74) is 0.246. The van der Waals surface area contributed by atoms with Gasteiger partial charge >= 0.3 is 6.03 Å². The van der Waals surface area contributed by atoms with Crippen molar-refractivity contribution in [1.29, 1.82) is 0 Å². The van der Waals surface area contributed by atoms with Crippen LogP contribution in [0.4, 0.5) is 26.4 Å². The number of benzene rings is 1. The number of pyridine rings is 1. The van der Waals surface area contributed by atoms with Gasteiger partial charge in [0, 0.05) is 18.2 Å². The highest BCUT2D eigenvalue weighted by Crippen LogP contribution is 2.27. The third-order valence-corrected chi connectivity index (χ3v) is 4.19. The van der Waals surface area contributed by atoms with E-state index in [-0.39, 0.29) is 12.2 Å². The van der Waals surface area contributed by atoms with Crippen LogP contribution in [0.2, 0.25) is 0 Å². The fraction of sp³-hybridized carbons (Fsp3) is 0.278. The number of imide groups is 1. The lowest BCUT2D eigenvalue weighted by Gasteiger charge is -2.19. The van der Waals surface area contributed by atoms with Crippen molar-refractivity contribution in [2.45, 2.75) is 18.9 Å². The third-order valence-electron chi connectivity index (χ3n) is 4.19. The summed E-state index contributed by atoms with van der Waals surface area (Å²) in [6.07, 6.45) is 1.43. The molecule has 136 valence electrons. The Balaban J connectivity index is 1.77. The molecular formula is C18H19FN4O3. The third kappa shape index (κ3) is 3.30. The van der Waals surface area contributed by atoms with Crippen molar-refractivity contribution in [3.63, 3.8) is 0 Å². The Morgan fingerprint density at radius 3 is 2.73 bits per heavy atom. The zero-order valence-corrected chi connectivity index (χ0v) is 14.5. The Morgan fingerprint density at radius 1 is 1.27 bits per heavy atom. The Morgan fingerprint density at radius 2 is 2.08 bits per heavy atom. The molecule has 0 spiro atoms. The maximum atomic E-state index is 12.7. The first-order valence-electron chi connectivity index (χ1n) is 8.06. The first kappa shape index (κ1) is 17.7. The van der Waals surface area contributed by atoms with Crippen molar-refractivity contribution in [3.05, 3.63) is 42.6 Å². The number of amides is 3. The van der Waals surface area contributed by atoms with Crippen molar-refractivity contribution in [2.75, 3.05) is 24.0 Å². The molecule has 7 nitrogen and oxygen atoms in total. The van der Waals surface area contributed by atoms with E-state index in [0.29, 0.717) is 11.4 Å². The molecule has 1 aromatic heterocycles. The Kier molecular flexibility index (Phi) is 4.75. The molecule has 1 aliphatic rings. The molecule has 0 aliphatic carbocycles. The van der Waals surface area contributed by atoms with Crippen LogP contribution in [0.25, 0.3) is 0 Å². The fourth-order valence-corrected chi connectivity index (χ4v) is 2.71. The number of carbonyl (C=O) groups excluding carboxylic acids is 2. The normalized spacial score (nSPS) is 19.4. The average Bonchev–Trinajstić information content (AvgIpc) is 2.85. The fourth-order valence-electron chi connectivity index (χ4n) is 2.71. The lowest BCUT2D eigenvalue weighted by atomic mass is 9.99. The number of methoxy groups -OCH3 is 1. The number of aromatic nitrogens is 1. The summed E-state index contributed by atoms with van der Waals surface area (Å²) in [6.45, 7) is 0.804. The van der Waals surface area contributed by atoms with E-state index in [0.717, 1.165) is 10.6 Å². The maximum absolute atomic E-state index is 12.7. The molecule has 26 heavy (non-hydrogen) atoms. The summed E-state index contributed by atoms with van der Waals surface area (Å²) in [6, 6.07) is 10.0. The lowest BCUT2D eigenvalue weighted by Crippen LogP contribution is -2.44. The number of urea groups is 1. The predicted octanol–water partition coefficient (Wildman–Crippen LogP) is 3.01. The van der Waals surface area contributed by atoms with Gasteiger partial charge in [-0.05, 0) is 31.2 Å². The van der Waals surface area contributed by atoms with E-state index in [4.69, 9.17) is 4.74 Å². The summed E-state index contributed by atoms with van der Waals surface area (Å²) in [4.78, 5) is 29.7. The summed E-state index contributed by atoms with van der Waals surface area (Å²) in [5.74, 6) is 0.387. The molecule has 0 radical (unpaired) electrons. The SMILES string of the molecule is COc1cccc(Nc2ccc(N3C(=O)NC(C)(CCF)C3=O)nc2)c1. The number of carbonyl (C=O) groups is 2. The van der Waals surface area contributed by atoms with Crippen LogP contribution in [-0.2, 0) is 4.79 Å². The van der Waals surface area contributed by atoms with E-state index in [9.17, 15) is 14.0 Å². The standard InChI is InChI=1S/C18H19FN4O3/c1-18(8-9-19)16(24)23(17(25)22-18)15-7-6-13(11-20-15)21-12-4-3-5-14(10-12)26-2/h3-7,10-11,21H,8-9H2,1-2H3,(H,22,25). The van der Waals surface area contributed by atoms with E-state index >= 15 is 0 Å². The number of hydrogen-bond acceptors (Lipinski definition) is 5. The summed E-state index contributed by atoms with van der Waals surface area (Å²) >= 11 is 0. The molecule has 2 heterocycles. The molecule has 1 saturated heterocycles. The summed E-state index contributed by atoms with van der Waals surface area (Å²) in [5, 5.41) is 5.68. The van der Waals surface area contributed by atoms with Crippen LogP contribution >= 0.6 is 0 Å². The zero-order valence-electron chi connectivity index (χ0n) is 14.5. The van der Waals surface area contributed by atoms with E-state index in [1.54, 1.807) is 19.2 Å². The molecule has 2 N–H and O–H groups in total. The molecule has 2 aromatic rings. The monoisotopic (exact) mass is 358 g/mol. The van der Waals surface area contributed by atoms with Gasteiger partial charge in [-0.25, -0.2) is 14.7 Å². The molecule has 1 atom stereocenters. The van der Waals surface area contributed by atoms with Crippen LogP contribution < -0.4 is 20.3 Å². The Bertz CT molecular complexity index is 827. The number of anilines is 3. The quantitative estimate of drug-likeness (QED) is 0.776. The largest absolute Gasteiger partial charge is 0.497 e. The van der Waals surface area contributed by atoms with E-state index in [2.05, 4.69) is 15.6 Å². The topological polar surface area (TPSA) is 83.6 Å². The smallest absolute Gasteiger partial charge is 0.330 e. The first-order chi connectivity index (χ1) is 12.5. The van der Waals surface area contributed by atoms with Crippen molar-refractivity contribution in [1.82, 2.24) is 10.3 Å². The zero-order chi connectivity index (χ0) is 18.7. The maximum Gasteiger partial charge on any atom is 0.330 e. The molecule has 1 aliphatic heterocycles. The van der Waals surface area contributed by atoms with Crippen LogP contribution in [0, 0.1) is 0 Å². The van der Waals surface area contributed by atoms with Crippen LogP contribution in [0.1, 0.15) is 13.3 Å². The van der Waals surface area contributed by atoms with Crippen molar-refractivity contribution < 1.29 is 18.7 Å². The Hall–Kier alpha value is -3.16. The van der Waals surface area contributed by atoms with E-state index in [1.807, 2.05) is 24.3 Å². The minimum atomic E-state index is -1.25. The number of ether oxygens (including phenoxy) is 1. The van der Waals surface area contributed by atoms with Gasteiger partial charge in [0.25, 0.3) is 5.91 Å². The highest BCUT2D eigenvalue weighted by atomic mass is 19.1. The van der Waals surface area contributed by atoms with Gasteiger partial charge in [-0.15, -0.1) is 0 Å². The predicted molar refractivity (Wildman–Crippen MR) is 95.5 cm³/mol. The number of rotatable bonds is 6. The molecule has 1 unspecified atom stereocenters. The van der Waals surface area contributed by atoms with Gasteiger partial charge in [-0.1, -0.05) is 6.07 Å². The Labute approximate surface area is 150 Å². The highest BCUT2D eigenvalue weighted by Gasteiger charge is 2.48. The number of nitrogens with one attached hydrogen (secondary N) is 2. The van der Waals surface area contributed by atoms with Crippen LogP contribution in [0.15, 0.2) is 42.6 Å². The van der Waals surface area contributed by atoms with Gasteiger partial charge in [0.2, 0.25) is 0 Å². The molecule has 1 fully saturated rings. The molecule has 0 bridgehead atoms. The van der Waals surface area contributed by atoms with Gasteiger partial charge in [0.05, 0.1) is 25.7 Å². The van der Waals surface area contributed by atoms with Gasteiger partial charge < -0.3 is 15.4 Å². The van der Waals surface area contributed by atoms with Gasteiger partial charge in [0.1, 0.15) is 17.1 Å². The van der Waals surface area contributed by atoms with Crippen LogP contribution in [-0.4, -0.2) is 36.2 Å². The minimum Gasteiger partial charge on any atom is -0.497 e. The number of halogens is 1. The second kappa shape index (κ2) is 6.99. The first-order valence-corrected chi connectivity index (χ1v) is 8.06. The number of nitrogens with zero attached hydrogens (tertiary/aromatic N) is 2. The molecule has 3 rings (SSSR count). The molecule has 0 saturated carbocycles. The minimum absolute atomic E-state index is 0.0798. The number of alkyl halides is 1. The average molecular weight is 358 g/mol. The second-order valence-electron chi connectivity index (χ2n) is 6.10. The second-order valence-corrected chi connectivity index (χ2v) is 6.10. The highest BCUT2D eigenvalue weighted by molar-refractivity contribution is 6.22. The molecule has 1 aromatic carbocycles. The number of hydrogen-bond donors (Lipinski definition) is 2. The van der Waals surface area contributed by atoms with Gasteiger partial charge in [-0.2, -0.15) is 0 Å².